The maximum absolute atomic E-state index is 12.1. The zero-order valence-corrected chi connectivity index (χ0v) is 14.8. The Balaban J connectivity index is 1.83. The van der Waals surface area contributed by atoms with Crippen molar-refractivity contribution in [3.05, 3.63) is 23.8 Å². The van der Waals surface area contributed by atoms with Gasteiger partial charge in [-0.2, -0.15) is 0 Å². The van der Waals surface area contributed by atoms with Gasteiger partial charge in [0.25, 0.3) is 5.91 Å². The molecule has 12 nitrogen and oxygen atoms in total. The third-order valence-corrected chi connectivity index (χ3v) is 3.61. The molecule has 1 aliphatic heterocycles. The molecule has 28 heavy (non-hydrogen) atoms. The number of nitrogens with one attached hydrogen (secondary N) is 4. The standard InChI is InChI=1S/C16H21N5O7/c22-12-7-9(28-6-5-19-15-17-3-4-18-15)1-2-10(12)13(23)20-8-11(14(24)25)21-16(26)27/h1-2,7,11,21-22H,3-6,8H2,(H,20,23)(H,24,25)(H,26,27)(H2,17,18,19). The Morgan fingerprint density at radius 3 is 2.68 bits per heavy atom. The van der Waals surface area contributed by atoms with Crippen LogP contribution in [0.4, 0.5) is 4.79 Å². The summed E-state index contributed by atoms with van der Waals surface area (Å²) in [6, 6.07) is 2.53. The Bertz CT molecular complexity index is 768. The second kappa shape index (κ2) is 9.85. The van der Waals surface area contributed by atoms with Crippen LogP contribution < -0.4 is 26.0 Å². The van der Waals surface area contributed by atoms with Gasteiger partial charge in [0.05, 0.1) is 18.7 Å². The van der Waals surface area contributed by atoms with Crippen molar-refractivity contribution in [2.24, 2.45) is 4.99 Å². The van der Waals surface area contributed by atoms with Crippen molar-refractivity contribution in [1.29, 1.82) is 0 Å². The second-order valence-corrected chi connectivity index (χ2v) is 5.66. The minimum Gasteiger partial charge on any atom is -0.507 e. The molecule has 12 heteroatoms. The van der Waals surface area contributed by atoms with Gasteiger partial charge < -0.3 is 41.3 Å². The van der Waals surface area contributed by atoms with Gasteiger partial charge in [-0.1, -0.05) is 0 Å². The molecule has 0 saturated heterocycles. The molecule has 1 aliphatic rings. The highest BCUT2D eigenvalue weighted by Gasteiger charge is 2.21. The minimum atomic E-state index is -1.53. The lowest BCUT2D eigenvalue weighted by molar-refractivity contribution is -0.139. The number of carbonyl (C=O) groups excluding carboxylic acids is 1. The van der Waals surface area contributed by atoms with E-state index in [-0.39, 0.29) is 11.3 Å². The Morgan fingerprint density at radius 2 is 2.07 bits per heavy atom. The number of hydrogen-bond donors (Lipinski definition) is 7. The molecular weight excluding hydrogens is 374 g/mol. The predicted octanol–water partition coefficient (Wildman–Crippen LogP) is -1.23. The summed E-state index contributed by atoms with van der Waals surface area (Å²) in [7, 11) is 0. The number of carboxylic acid groups (broad SMARTS) is 2. The van der Waals surface area contributed by atoms with Gasteiger partial charge in [-0.05, 0) is 12.1 Å². The molecule has 0 aromatic heterocycles. The van der Waals surface area contributed by atoms with Crippen LogP contribution in [0.2, 0.25) is 0 Å². The number of carbonyl (C=O) groups is 3. The Morgan fingerprint density at radius 1 is 1.29 bits per heavy atom. The highest BCUT2D eigenvalue weighted by Crippen LogP contribution is 2.23. The zero-order valence-electron chi connectivity index (χ0n) is 14.8. The molecule has 2 rings (SSSR count). The fourth-order valence-electron chi connectivity index (χ4n) is 2.29. The van der Waals surface area contributed by atoms with Gasteiger partial charge in [0, 0.05) is 19.2 Å². The zero-order chi connectivity index (χ0) is 20.5. The number of aromatic hydroxyl groups is 1. The molecule has 7 N–H and O–H groups in total. The van der Waals surface area contributed by atoms with Crippen molar-refractivity contribution in [3.63, 3.8) is 0 Å². The highest BCUT2D eigenvalue weighted by molar-refractivity contribution is 5.97. The number of nitrogens with zero attached hydrogens (tertiary/aromatic N) is 1. The molecule has 0 aliphatic carbocycles. The number of ether oxygens (including phenoxy) is 1. The van der Waals surface area contributed by atoms with E-state index in [0.29, 0.717) is 24.9 Å². The first-order valence-electron chi connectivity index (χ1n) is 8.35. The number of phenols is 1. The van der Waals surface area contributed by atoms with Crippen molar-refractivity contribution in [1.82, 2.24) is 21.3 Å². The molecule has 1 aromatic rings. The van der Waals surface area contributed by atoms with Crippen molar-refractivity contribution in [2.45, 2.75) is 6.04 Å². The van der Waals surface area contributed by atoms with Crippen molar-refractivity contribution in [3.8, 4) is 11.5 Å². The van der Waals surface area contributed by atoms with Crippen LogP contribution in [0.5, 0.6) is 11.5 Å². The fourth-order valence-corrected chi connectivity index (χ4v) is 2.29. The number of carboxylic acids is 1. The maximum Gasteiger partial charge on any atom is 0.405 e. The van der Waals surface area contributed by atoms with Crippen LogP contribution in [0.25, 0.3) is 0 Å². The SMILES string of the molecule is O=C(O)NC(CNC(=O)c1ccc(OCCNC2=NCCN2)cc1O)C(=O)O. The molecule has 1 aromatic carbocycles. The first-order chi connectivity index (χ1) is 13.4. The molecule has 1 unspecified atom stereocenters. The van der Waals surface area contributed by atoms with Crippen LogP contribution in [0.3, 0.4) is 0 Å². The highest BCUT2D eigenvalue weighted by atomic mass is 16.5. The lowest BCUT2D eigenvalue weighted by Gasteiger charge is -2.14. The summed E-state index contributed by atoms with van der Waals surface area (Å²) in [6.45, 7) is 1.82. The van der Waals surface area contributed by atoms with Crippen LogP contribution in [0.15, 0.2) is 23.2 Å². The Hall–Kier alpha value is -3.70. The molecule has 152 valence electrons. The van der Waals surface area contributed by atoms with E-state index < -0.39 is 30.6 Å². The van der Waals surface area contributed by atoms with Crippen molar-refractivity contribution < 1.29 is 34.4 Å². The lowest BCUT2D eigenvalue weighted by atomic mass is 10.1. The van der Waals surface area contributed by atoms with Crippen LogP contribution in [0, 0.1) is 0 Å². The first-order valence-corrected chi connectivity index (χ1v) is 8.35. The van der Waals surface area contributed by atoms with Gasteiger partial charge >= 0.3 is 12.1 Å². The second-order valence-electron chi connectivity index (χ2n) is 5.66. The number of aliphatic imine (C=N–C) groups is 1. The van der Waals surface area contributed by atoms with E-state index in [9.17, 15) is 19.5 Å². The van der Waals surface area contributed by atoms with E-state index in [1.165, 1.54) is 18.2 Å². The average Bonchev–Trinajstić information content (AvgIpc) is 3.15. The number of guanidine groups is 1. The van der Waals surface area contributed by atoms with Crippen molar-refractivity contribution >= 4 is 23.9 Å². The van der Waals surface area contributed by atoms with Crippen LogP contribution >= 0.6 is 0 Å². The van der Waals surface area contributed by atoms with E-state index in [4.69, 9.17) is 14.9 Å². The predicted molar refractivity (Wildman–Crippen MR) is 96.8 cm³/mol. The summed E-state index contributed by atoms with van der Waals surface area (Å²) < 4.78 is 5.46. The van der Waals surface area contributed by atoms with E-state index in [1.54, 1.807) is 5.32 Å². The average molecular weight is 395 g/mol. The maximum atomic E-state index is 12.1. The van der Waals surface area contributed by atoms with Crippen molar-refractivity contribution in [2.75, 3.05) is 32.8 Å². The fraction of sp³-hybridized carbons (Fsp3) is 0.375. The lowest BCUT2D eigenvalue weighted by Crippen LogP contribution is -2.48. The number of aliphatic carboxylic acids is 1. The van der Waals surface area contributed by atoms with E-state index in [0.717, 1.165) is 13.1 Å². The summed E-state index contributed by atoms with van der Waals surface area (Å²) >= 11 is 0. The third-order valence-electron chi connectivity index (χ3n) is 3.61. The van der Waals surface area contributed by atoms with Gasteiger partial charge in [0.15, 0.2) is 5.96 Å². The first kappa shape index (κ1) is 20.6. The number of rotatable bonds is 9. The van der Waals surface area contributed by atoms with Crippen LogP contribution in [-0.2, 0) is 4.79 Å². The number of hydrogen-bond acceptors (Lipinski definition) is 8. The van der Waals surface area contributed by atoms with Gasteiger partial charge in [-0.3, -0.25) is 9.79 Å². The van der Waals surface area contributed by atoms with Gasteiger partial charge in [0.2, 0.25) is 0 Å². The Labute approximate surface area is 159 Å². The number of amides is 2. The number of phenolic OH excluding ortho intramolecular Hbond substituents is 1. The van der Waals surface area contributed by atoms with Gasteiger partial charge in [0.1, 0.15) is 24.1 Å². The van der Waals surface area contributed by atoms with E-state index >= 15 is 0 Å². The normalized spacial score (nSPS) is 13.6. The van der Waals surface area contributed by atoms with Crippen LogP contribution in [-0.4, -0.2) is 78.1 Å². The largest absolute Gasteiger partial charge is 0.507 e. The monoisotopic (exact) mass is 395 g/mol. The molecule has 0 saturated carbocycles. The quantitative estimate of drug-likeness (QED) is 0.252. The topological polar surface area (TPSA) is 182 Å². The summed E-state index contributed by atoms with van der Waals surface area (Å²) in [5.41, 5.74) is -0.102. The summed E-state index contributed by atoms with van der Waals surface area (Å²) in [5.74, 6) is -1.51. The summed E-state index contributed by atoms with van der Waals surface area (Å²) in [4.78, 5) is 37.7. The summed E-state index contributed by atoms with van der Waals surface area (Å²) in [6.07, 6.45) is -1.53. The molecule has 1 atom stereocenters. The summed E-state index contributed by atoms with van der Waals surface area (Å²) in [5, 5.41) is 37.6. The van der Waals surface area contributed by atoms with E-state index in [2.05, 4.69) is 20.9 Å². The molecule has 0 radical (unpaired) electrons. The Kier molecular flexibility index (Phi) is 7.25. The molecule has 0 fully saturated rings. The molecule has 0 spiro atoms. The molecular formula is C16H21N5O7. The molecule has 2 amide bonds. The van der Waals surface area contributed by atoms with Gasteiger partial charge in [-0.15, -0.1) is 0 Å². The van der Waals surface area contributed by atoms with Crippen LogP contribution in [0.1, 0.15) is 10.4 Å². The smallest absolute Gasteiger partial charge is 0.405 e. The molecule has 0 bridgehead atoms. The van der Waals surface area contributed by atoms with E-state index in [1.807, 2.05) is 0 Å². The third kappa shape index (κ3) is 6.23. The molecule has 1 heterocycles. The van der Waals surface area contributed by atoms with Gasteiger partial charge in [-0.25, -0.2) is 9.59 Å². The number of benzene rings is 1. The minimum absolute atomic E-state index is 0.102.